The molecule has 2 heterocycles. The quantitative estimate of drug-likeness (QED) is 0.481. The molecule has 0 atom stereocenters. The van der Waals surface area contributed by atoms with Crippen molar-refractivity contribution in [2.45, 2.75) is 32.6 Å². The van der Waals surface area contributed by atoms with Gasteiger partial charge in [0.15, 0.2) is 0 Å². The summed E-state index contributed by atoms with van der Waals surface area (Å²) in [6.45, 7) is 5.84. The van der Waals surface area contributed by atoms with E-state index in [0.29, 0.717) is 5.82 Å². The maximum absolute atomic E-state index is 9.69. The van der Waals surface area contributed by atoms with Crippen LogP contribution in [-0.2, 0) is 0 Å². The average Bonchev–Trinajstić information content (AvgIpc) is 2.76. The maximum Gasteiger partial charge on any atom is 0.483 e. The van der Waals surface area contributed by atoms with Crippen molar-refractivity contribution in [2.24, 2.45) is 0 Å². The van der Waals surface area contributed by atoms with Crippen LogP contribution in [0.4, 0.5) is 13.6 Å². The highest BCUT2D eigenvalue weighted by Gasteiger charge is 2.01. The Morgan fingerprint density at radius 3 is 2.67 bits per heavy atom. The number of allylic oxidation sites excluding steroid dienone is 1. The number of carbonyl (C=O) groups is 1. The summed E-state index contributed by atoms with van der Waals surface area (Å²) >= 11 is 0. The van der Waals surface area contributed by atoms with E-state index in [2.05, 4.69) is 33.7 Å². The maximum atomic E-state index is 9.69. The molecule has 0 spiro atoms. The SMILES string of the molecule is C=CCCCCC.O=C(F)F.c1cnnc2ncnc-2c1. The number of nitrogens with zero attached hydrogens (tertiary/aromatic N) is 4. The van der Waals surface area contributed by atoms with Crippen LogP contribution in [-0.4, -0.2) is 26.5 Å². The van der Waals surface area contributed by atoms with E-state index in [1.807, 2.05) is 12.1 Å². The van der Waals surface area contributed by atoms with Gasteiger partial charge >= 0.3 is 6.29 Å². The Morgan fingerprint density at radius 2 is 2.05 bits per heavy atom. The normalized spacial score (nSPS) is 8.90. The van der Waals surface area contributed by atoms with Crippen molar-refractivity contribution >= 4 is 6.29 Å². The largest absolute Gasteiger partial charge is 0.483 e. The van der Waals surface area contributed by atoms with E-state index >= 15 is 0 Å². The van der Waals surface area contributed by atoms with E-state index in [9.17, 15) is 8.78 Å². The van der Waals surface area contributed by atoms with Crippen molar-refractivity contribution in [3.63, 3.8) is 0 Å². The molecule has 114 valence electrons. The molecule has 0 bridgehead atoms. The topological polar surface area (TPSA) is 68.6 Å². The fourth-order valence-corrected chi connectivity index (χ4v) is 1.26. The molecule has 0 unspecified atom stereocenters. The molecule has 0 aromatic carbocycles. The zero-order chi connectivity index (χ0) is 15.9. The summed E-state index contributed by atoms with van der Waals surface area (Å²) in [5.74, 6) is 0.588. The number of rotatable bonds is 4. The average molecular weight is 296 g/mol. The first-order chi connectivity index (χ1) is 10.1. The van der Waals surface area contributed by atoms with Gasteiger partial charge in [0.1, 0.15) is 12.0 Å². The highest BCUT2D eigenvalue weighted by molar-refractivity contribution is 5.55. The van der Waals surface area contributed by atoms with Gasteiger partial charge in [0.2, 0.25) is 5.82 Å². The summed E-state index contributed by atoms with van der Waals surface area (Å²) in [5, 5.41) is 7.48. The minimum Gasteiger partial charge on any atom is -0.233 e. The van der Waals surface area contributed by atoms with Crippen LogP contribution in [0.2, 0.25) is 0 Å². The molecule has 5 nitrogen and oxygen atoms in total. The van der Waals surface area contributed by atoms with Gasteiger partial charge in [-0.2, -0.15) is 5.10 Å². The lowest BCUT2D eigenvalue weighted by molar-refractivity contribution is 0.199. The van der Waals surface area contributed by atoms with Crippen molar-refractivity contribution in [3.05, 3.63) is 37.3 Å². The fourth-order valence-electron chi connectivity index (χ4n) is 1.26. The predicted octanol–water partition coefficient (Wildman–Crippen LogP) is 4.17. The predicted molar refractivity (Wildman–Crippen MR) is 76.2 cm³/mol. The third-order valence-electron chi connectivity index (χ3n) is 2.18. The first-order valence-corrected chi connectivity index (χ1v) is 6.46. The van der Waals surface area contributed by atoms with Gasteiger partial charge in [-0.3, -0.25) is 0 Å². The van der Waals surface area contributed by atoms with Crippen LogP contribution in [0.3, 0.4) is 0 Å². The van der Waals surface area contributed by atoms with Crippen LogP contribution in [0.25, 0.3) is 11.5 Å². The minimum atomic E-state index is -2.83. The Labute approximate surface area is 122 Å². The molecule has 0 aliphatic carbocycles. The smallest absolute Gasteiger partial charge is 0.233 e. The van der Waals surface area contributed by atoms with Crippen LogP contribution in [0.1, 0.15) is 32.6 Å². The molecule has 2 aliphatic heterocycles. The number of imidazole rings is 1. The molecule has 2 rings (SSSR count). The van der Waals surface area contributed by atoms with Crippen LogP contribution >= 0.6 is 0 Å². The Morgan fingerprint density at radius 1 is 1.33 bits per heavy atom. The Kier molecular flexibility index (Phi) is 11.3. The number of fused-ring (bicyclic) bond motifs is 1. The molecule has 0 aromatic heterocycles. The van der Waals surface area contributed by atoms with Gasteiger partial charge in [-0.1, -0.05) is 25.8 Å². The molecule has 0 saturated carbocycles. The molecule has 0 amide bonds. The molecule has 0 radical (unpaired) electrons. The van der Waals surface area contributed by atoms with E-state index in [0.717, 1.165) is 5.69 Å². The van der Waals surface area contributed by atoms with Crippen LogP contribution in [0, 0.1) is 0 Å². The second-order valence-corrected chi connectivity index (χ2v) is 3.82. The Balaban J connectivity index is 0.000000321. The third-order valence-corrected chi connectivity index (χ3v) is 2.18. The number of unbranched alkanes of at least 4 members (excludes halogenated alkanes) is 3. The highest BCUT2D eigenvalue weighted by atomic mass is 19.3. The van der Waals surface area contributed by atoms with Crippen molar-refractivity contribution < 1.29 is 13.6 Å². The molecule has 21 heavy (non-hydrogen) atoms. The molecule has 0 N–H and O–H groups in total. The molecular weight excluding hydrogens is 278 g/mol. The Bertz CT molecular complexity index is 464. The summed E-state index contributed by atoms with van der Waals surface area (Å²) in [4.78, 5) is 15.9. The van der Waals surface area contributed by atoms with Gasteiger partial charge in [0.25, 0.3) is 0 Å². The van der Waals surface area contributed by atoms with Gasteiger partial charge in [-0.25, -0.2) is 14.8 Å². The second kappa shape index (κ2) is 12.7. The van der Waals surface area contributed by atoms with Crippen LogP contribution in [0.5, 0.6) is 0 Å². The fraction of sp³-hybridized carbons (Fsp3) is 0.357. The van der Waals surface area contributed by atoms with Crippen LogP contribution in [0.15, 0.2) is 37.3 Å². The summed E-state index contributed by atoms with van der Waals surface area (Å²) in [6.07, 6.45) is 7.39. The first kappa shape index (κ1) is 18.7. The Hall–Kier alpha value is -2.31. The van der Waals surface area contributed by atoms with E-state index < -0.39 is 6.29 Å². The molecule has 2 aliphatic rings. The highest BCUT2D eigenvalue weighted by Crippen LogP contribution is 2.08. The number of aromatic nitrogens is 4. The zero-order valence-electron chi connectivity index (χ0n) is 11.9. The lowest BCUT2D eigenvalue weighted by Crippen LogP contribution is -1.78. The van der Waals surface area contributed by atoms with E-state index in [-0.39, 0.29) is 0 Å². The van der Waals surface area contributed by atoms with Gasteiger partial charge in [0, 0.05) is 6.20 Å². The molecule has 0 fully saturated rings. The summed E-state index contributed by atoms with van der Waals surface area (Å²) < 4.78 is 19.4. The van der Waals surface area contributed by atoms with E-state index in [4.69, 9.17) is 4.79 Å². The molecule has 0 aromatic rings. The number of carbonyl (C=O) groups excluding carboxylic acids is 1. The summed E-state index contributed by atoms with van der Waals surface area (Å²) in [6, 6.07) is 3.60. The second-order valence-electron chi connectivity index (χ2n) is 3.82. The van der Waals surface area contributed by atoms with E-state index in [1.54, 1.807) is 12.3 Å². The van der Waals surface area contributed by atoms with Gasteiger partial charge < -0.3 is 0 Å². The first-order valence-electron chi connectivity index (χ1n) is 6.46. The van der Waals surface area contributed by atoms with E-state index in [1.165, 1.54) is 32.0 Å². The standard InChI is InChI=1S/C7H14.C6H4N4.CF2O/c1-3-5-7-6-4-2;1-2-5-6(8-4-7-5)10-9-3-1;2-1(3)4/h3H,1,4-7H2,2H3;1-4H;. The monoisotopic (exact) mass is 296 g/mol. The van der Waals surface area contributed by atoms with Gasteiger partial charge in [0.05, 0.1) is 0 Å². The summed E-state index contributed by atoms with van der Waals surface area (Å²) in [5.41, 5.74) is 0.775. The summed E-state index contributed by atoms with van der Waals surface area (Å²) in [7, 11) is 0. The lowest BCUT2D eigenvalue weighted by atomic mass is 10.2. The minimum absolute atomic E-state index is 0.588. The third kappa shape index (κ3) is 11.2. The van der Waals surface area contributed by atoms with Crippen molar-refractivity contribution in [2.75, 3.05) is 0 Å². The van der Waals surface area contributed by atoms with Crippen molar-refractivity contribution in [3.8, 4) is 11.5 Å². The zero-order valence-corrected chi connectivity index (χ0v) is 11.9. The number of hydrogen-bond acceptors (Lipinski definition) is 5. The van der Waals surface area contributed by atoms with Gasteiger partial charge in [-0.05, 0) is 25.0 Å². The number of halogens is 2. The van der Waals surface area contributed by atoms with Crippen LogP contribution < -0.4 is 0 Å². The lowest BCUT2D eigenvalue weighted by Gasteiger charge is -1.87. The number of hydrogen-bond donors (Lipinski definition) is 0. The molecule has 7 heteroatoms. The van der Waals surface area contributed by atoms with Crippen molar-refractivity contribution in [1.82, 2.24) is 20.2 Å². The van der Waals surface area contributed by atoms with Crippen molar-refractivity contribution in [1.29, 1.82) is 0 Å². The molecular formula is C14H18F2N4O. The molecule has 0 saturated heterocycles. The van der Waals surface area contributed by atoms with Gasteiger partial charge in [-0.15, -0.1) is 20.5 Å².